The average molecular weight is 397 g/mol. The molecule has 0 radical (unpaired) electrons. The molecule has 1 aromatic carbocycles. The summed E-state index contributed by atoms with van der Waals surface area (Å²) in [5, 5.41) is 2.85. The van der Waals surface area contributed by atoms with Crippen LogP contribution >= 0.6 is 0 Å². The summed E-state index contributed by atoms with van der Waals surface area (Å²) in [6, 6.07) is 7.12. The first-order chi connectivity index (χ1) is 13.9. The predicted molar refractivity (Wildman–Crippen MR) is 110 cm³/mol. The van der Waals surface area contributed by atoms with E-state index in [1.54, 1.807) is 44.5 Å². The summed E-state index contributed by atoms with van der Waals surface area (Å²) in [5.74, 6) is 1.36. The molecule has 0 aliphatic carbocycles. The highest BCUT2D eigenvalue weighted by atomic mass is 16.5. The van der Waals surface area contributed by atoms with Crippen molar-refractivity contribution in [1.82, 2.24) is 19.8 Å². The molecule has 154 valence electrons. The highest BCUT2D eigenvalue weighted by molar-refractivity contribution is 6.04. The van der Waals surface area contributed by atoms with Crippen LogP contribution < -0.4 is 10.1 Å². The molecule has 0 saturated carbocycles. The van der Waals surface area contributed by atoms with Crippen molar-refractivity contribution in [3.05, 3.63) is 47.5 Å². The standard InChI is InChI=1S/C21H27N5O3/c1-14-18(21(28)24-16-5-7-17(29-4)8-6-16)11-22-20(23-14)15-9-10-26(12-15)19(27)13-25(2)3/h5-8,11,15H,9-10,12-13H2,1-4H3,(H,24,28)/t15-/m1/s1. The molecule has 1 aliphatic rings. The molecule has 8 nitrogen and oxygen atoms in total. The third kappa shape index (κ3) is 5.08. The van der Waals surface area contributed by atoms with Crippen molar-refractivity contribution >= 4 is 17.5 Å². The molecule has 0 bridgehead atoms. The second-order valence-corrected chi connectivity index (χ2v) is 7.47. The van der Waals surface area contributed by atoms with Crippen LogP contribution in [0.3, 0.4) is 0 Å². The number of likely N-dealkylation sites (N-methyl/N-ethyl adjacent to an activating group) is 1. The highest BCUT2D eigenvalue weighted by Crippen LogP contribution is 2.25. The van der Waals surface area contributed by atoms with Gasteiger partial charge in [0, 0.05) is 30.9 Å². The summed E-state index contributed by atoms with van der Waals surface area (Å²) in [6.45, 7) is 3.53. The van der Waals surface area contributed by atoms with E-state index in [1.807, 2.05) is 23.9 Å². The fourth-order valence-corrected chi connectivity index (χ4v) is 3.35. The second-order valence-electron chi connectivity index (χ2n) is 7.47. The molecular formula is C21H27N5O3. The van der Waals surface area contributed by atoms with Gasteiger partial charge >= 0.3 is 0 Å². The van der Waals surface area contributed by atoms with Crippen molar-refractivity contribution in [2.24, 2.45) is 0 Å². The average Bonchev–Trinajstić information content (AvgIpc) is 3.18. The predicted octanol–water partition coefficient (Wildman–Crippen LogP) is 1.92. The molecule has 8 heteroatoms. The fraction of sp³-hybridized carbons (Fsp3) is 0.429. The minimum atomic E-state index is -0.256. The molecule has 2 heterocycles. The normalized spacial score (nSPS) is 16.2. The zero-order chi connectivity index (χ0) is 21.0. The second kappa shape index (κ2) is 9.00. The van der Waals surface area contributed by atoms with Crippen LogP contribution in [0.15, 0.2) is 30.5 Å². The van der Waals surface area contributed by atoms with E-state index < -0.39 is 0 Å². The number of amides is 2. The Morgan fingerprint density at radius 3 is 2.62 bits per heavy atom. The quantitative estimate of drug-likeness (QED) is 0.801. The monoisotopic (exact) mass is 397 g/mol. The molecular weight excluding hydrogens is 370 g/mol. The Morgan fingerprint density at radius 1 is 1.28 bits per heavy atom. The topological polar surface area (TPSA) is 87.7 Å². The maximum atomic E-state index is 12.6. The van der Waals surface area contributed by atoms with Crippen LogP contribution in [0.5, 0.6) is 5.75 Å². The van der Waals surface area contributed by atoms with Gasteiger partial charge in [0.25, 0.3) is 5.91 Å². The van der Waals surface area contributed by atoms with Gasteiger partial charge < -0.3 is 19.9 Å². The van der Waals surface area contributed by atoms with Crippen molar-refractivity contribution in [2.45, 2.75) is 19.3 Å². The number of carbonyl (C=O) groups excluding carboxylic acids is 2. The molecule has 0 unspecified atom stereocenters. The number of hydrogen-bond acceptors (Lipinski definition) is 6. The smallest absolute Gasteiger partial charge is 0.259 e. The zero-order valence-electron chi connectivity index (χ0n) is 17.3. The van der Waals surface area contributed by atoms with Crippen LogP contribution in [0.4, 0.5) is 5.69 Å². The number of aromatic nitrogens is 2. The van der Waals surface area contributed by atoms with Crippen molar-refractivity contribution in [3.8, 4) is 5.75 Å². The van der Waals surface area contributed by atoms with Crippen molar-refractivity contribution in [3.63, 3.8) is 0 Å². The van der Waals surface area contributed by atoms with Crippen LogP contribution in [0, 0.1) is 6.92 Å². The highest BCUT2D eigenvalue weighted by Gasteiger charge is 2.29. The van der Waals surface area contributed by atoms with Gasteiger partial charge in [0.05, 0.1) is 24.9 Å². The number of nitrogens with zero attached hydrogens (tertiary/aromatic N) is 4. The molecule has 0 spiro atoms. The number of likely N-dealkylation sites (tertiary alicyclic amines) is 1. The van der Waals surface area contributed by atoms with Gasteiger partial charge in [-0.05, 0) is 51.7 Å². The molecule has 29 heavy (non-hydrogen) atoms. The number of benzene rings is 1. The molecule has 1 saturated heterocycles. The van der Waals surface area contributed by atoms with E-state index in [0.717, 1.165) is 12.2 Å². The van der Waals surface area contributed by atoms with Crippen LogP contribution in [-0.2, 0) is 4.79 Å². The first kappa shape index (κ1) is 20.7. The van der Waals surface area contributed by atoms with Crippen LogP contribution in [-0.4, -0.2) is 72.4 Å². The summed E-state index contributed by atoms with van der Waals surface area (Å²) < 4.78 is 5.12. The summed E-state index contributed by atoms with van der Waals surface area (Å²) in [7, 11) is 5.36. The van der Waals surface area contributed by atoms with E-state index in [2.05, 4.69) is 15.3 Å². The molecule has 1 atom stereocenters. The van der Waals surface area contributed by atoms with E-state index in [1.165, 1.54) is 0 Å². The lowest BCUT2D eigenvalue weighted by Gasteiger charge is -2.19. The Hall–Kier alpha value is -3.00. The Labute approximate surface area is 170 Å². The first-order valence-corrected chi connectivity index (χ1v) is 9.59. The third-order valence-corrected chi connectivity index (χ3v) is 4.95. The Morgan fingerprint density at radius 2 is 2.00 bits per heavy atom. The van der Waals surface area contributed by atoms with Crippen LogP contribution in [0.2, 0.25) is 0 Å². The first-order valence-electron chi connectivity index (χ1n) is 9.59. The molecule has 3 rings (SSSR count). The number of nitrogens with one attached hydrogen (secondary N) is 1. The van der Waals surface area contributed by atoms with Gasteiger partial charge in [-0.15, -0.1) is 0 Å². The Balaban J connectivity index is 1.65. The van der Waals surface area contributed by atoms with E-state index >= 15 is 0 Å². The number of rotatable bonds is 6. The summed E-state index contributed by atoms with van der Waals surface area (Å²) in [4.78, 5) is 37.5. The number of hydrogen-bond donors (Lipinski definition) is 1. The van der Waals surface area contributed by atoms with Gasteiger partial charge in [-0.1, -0.05) is 0 Å². The lowest BCUT2D eigenvalue weighted by Crippen LogP contribution is -2.36. The van der Waals surface area contributed by atoms with Crippen LogP contribution in [0.25, 0.3) is 0 Å². The molecule has 1 aromatic heterocycles. The maximum absolute atomic E-state index is 12.6. The molecule has 2 aromatic rings. The number of anilines is 1. The van der Waals surface area contributed by atoms with Gasteiger partial charge in [-0.3, -0.25) is 9.59 Å². The lowest BCUT2D eigenvalue weighted by molar-refractivity contribution is -0.130. The molecule has 1 N–H and O–H groups in total. The lowest BCUT2D eigenvalue weighted by atomic mass is 10.1. The van der Waals surface area contributed by atoms with E-state index in [9.17, 15) is 9.59 Å². The van der Waals surface area contributed by atoms with Gasteiger partial charge in [0.1, 0.15) is 11.6 Å². The molecule has 1 fully saturated rings. The Bertz CT molecular complexity index is 882. The van der Waals surface area contributed by atoms with Crippen molar-refractivity contribution in [2.75, 3.05) is 46.2 Å². The molecule has 2 amide bonds. The fourth-order valence-electron chi connectivity index (χ4n) is 3.35. The Kier molecular flexibility index (Phi) is 6.43. The minimum Gasteiger partial charge on any atom is -0.497 e. The van der Waals surface area contributed by atoms with E-state index in [-0.39, 0.29) is 17.7 Å². The summed E-state index contributed by atoms with van der Waals surface area (Å²) in [5.41, 5.74) is 1.73. The summed E-state index contributed by atoms with van der Waals surface area (Å²) in [6.07, 6.45) is 2.40. The minimum absolute atomic E-state index is 0.0958. The number of carbonyl (C=O) groups is 2. The summed E-state index contributed by atoms with van der Waals surface area (Å²) >= 11 is 0. The SMILES string of the molecule is COc1ccc(NC(=O)c2cnc([C@@H]3CCN(C(=O)CN(C)C)C3)nc2C)cc1. The third-order valence-electron chi connectivity index (χ3n) is 4.95. The van der Waals surface area contributed by atoms with Crippen molar-refractivity contribution in [1.29, 1.82) is 0 Å². The molecule has 1 aliphatic heterocycles. The van der Waals surface area contributed by atoms with Crippen LogP contribution in [0.1, 0.15) is 34.2 Å². The van der Waals surface area contributed by atoms with Gasteiger partial charge in [0.15, 0.2) is 0 Å². The number of ether oxygens (including phenoxy) is 1. The number of methoxy groups -OCH3 is 1. The maximum Gasteiger partial charge on any atom is 0.259 e. The van der Waals surface area contributed by atoms with Gasteiger partial charge in [-0.25, -0.2) is 9.97 Å². The van der Waals surface area contributed by atoms with Crippen molar-refractivity contribution < 1.29 is 14.3 Å². The zero-order valence-corrected chi connectivity index (χ0v) is 17.3. The van der Waals surface area contributed by atoms with Gasteiger partial charge in [0.2, 0.25) is 5.91 Å². The van der Waals surface area contributed by atoms with E-state index in [4.69, 9.17) is 4.74 Å². The van der Waals surface area contributed by atoms with Gasteiger partial charge in [-0.2, -0.15) is 0 Å². The van der Waals surface area contributed by atoms with E-state index in [0.29, 0.717) is 42.4 Å². The number of aryl methyl sites for hydroxylation is 1. The largest absolute Gasteiger partial charge is 0.497 e.